The molecular weight excluding hydrogens is 315 g/mol. The number of hydrogen-bond donors (Lipinski definition) is 1. The zero-order valence-corrected chi connectivity index (χ0v) is 11.7. The highest BCUT2D eigenvalue weighted by atomic mass is 19.4. The van der Waals surface area contributed by atoms with Crippen LogP contribution in [-0.2, 0) is 9.53 Å². The van der Waals surface area contributed by atoms with Crippen LogP contribution in [0.15, 0.2) is 48.8 Å². The molecule has 0 saturated heterocycles. The van der Waals surface area contributed by atoms with E-state index < -0.39 is 24.9 Å². The minimum atomic E-state index is -4.60. The summed E-state index contributed by atoms with van der Waals surface area (Å²) in [5.74, 6) is -0.639. The fraction of sp³-hybridized carbons (Fsp3) is 0.200. The van der Waals surface area contributed by atoms with Gasteiger partial charge in [-0.3, -0.25) is 4.98 Å². The van der Waals surface area contributed by atoms with Crippen LogP contribution in [0, 0.1) is 0 Å². The number of carboxylic acid groups (broad SMARTS) is 1. The molecule has 1 aromatic carbocycles. The van der Waals surface area contributed by atoms with Gasteiger partial charge in [0.1, 0.15) is 18.1 Å². The lowest BCUT2D eigenvalue weighted by Gasteiger charge is -2.16. The van der Waals surface area contributed by atoms with Crippen molar-refractivity contribution in [3.8, 4) is 11.5 Å². The number of rotatable bonds is 6. The third-order valence-corrected chi connectivity index (χ3v) is 2.69. The quantitative estimate of drug-likeness (QED) is 0.878. The van der Waals surface area contributed by atoms with Crippen LogP contribution in [0.5, 0.6) is 11.5 Å². The second kappa shape index (κ2) is 7.10. The van der Waals surface area contributed by atoms with Crippen LogP contribution in [0.4, 0.5) is 13.2 Å². The van der Waals surface area contributed by atoms with E-state index in [4.69, 9.17) is 9.84 Å². The zero-order chi connectivity index (χ0) is 16.9. The van der Waals surface area contributed by atoms with Gasteiger partial charge in [0.2, 0.25) is 0 Å². The molecule has 1 unspecified atom stereocenters. The van der Waals surface area contributed by atoms with Gasteiger partial charge in [-0.2, -0.15) is 13.2 Å². The van der Waals surface area contributed by atoms with Crippen molar-refractivity contribution in [1.29, 1.82) is 0 Å². The Bertz CT molecular complexity index is 644. The predicted octanol–water partition coefficient (Wildman–Crippen LogP) is 3.58. The van der Waals surface area contributed by atoms with Gasteiger partial charge >= 0.3 is 12.1 Å². The third kappa shape index (κ3) is 5.26. The fourth-order valence-corrected chi connectivity index (χ4v) is 1.74. The van der Waals surface area contributed by atoms with Gasteiger partial charge in [-0.1, -0.05) is 12.1 Å². The molecule has 1 N–H and O–H groups in total. The summed E-state index contributed by atoms with van der Waals surface area (Å²) in [5, 5.41) is 9.00. The second-order valence-corrected chi connectivity index (χ2v) is 4.50. The van der Waals surface area contributed by atoms with Crippen LogP contribution < -0.4 is 4.74 Å². The summed E-state index contributed by atoms with van der Waals surface area (Å²) in [7, 11) is 0. The zero-order valence-electron chi connectivity index (χ0n) is 11.7. The molecule has 8 heteroatoms. The number of pyridine rings is 1. The van der Waals surface area contributed by atoms with E-state index >= 15 is 0 Å². The normalized spacial score (nSPS) is 12.7. The Morgan fingerprint density at radius 2 is 1.87 bits per heavy atom. The molecule has 0 aliphatic carbocycles. The van der Waals surface area contributed by atoms with Crippen molar-refractivity contribution in [2.24, 2.45) is 0 Å². The standard InChI is InChI=1S/C15H12F3NO4/c16-15(17,18)9-22-13(14(20)21)10-3-5-11(6-4-10)23-12-2-1-7-19-8-12/h1-8,13H,9H2,(H,20,21). The van der Waals surface area contributed by atoms with Crippen LogP contribution in [0.1, 0.15) is 11.7 Å². The minimum Gasteiger partial charge on any atom is -0.479 e. The molecule has 2 aromatic rings. The average molecular weight is 327 g/mol. The van der Waals surface area contributed by atoms with Crippen molar-refractivity contribution >= 4 is 5.97 Å². The summed E-state index contributed by atoms with van der Waals surface area (Å²) in [5.41, 5.74) is 0.0836. The molecule has 1 atom stereocenters. The summed E-state index contributed by atoms with van der Waals surface area (Å²) in [4.78, 5) is 14.9. The van der Waals surface area contributed by atoms with E-state index in [-0.39, 0.29) is 5.56 Å². The van der Waals surface area contributed by atoms with Gasteiger partial charge in [0.25, 0.3) is 0 Å². The monoisotopic (exact) mass is 327 g/mol. The number of benzene rings is 1. The lowest BCUT2D eigenvalue weighted by molar-refractivity contribution is -0.193. The van der Waals surface area contributed by atoms with Crippen molar-refractivity contribution in [1.82, 2.24) is 4.98 Å². The number of carboxylic acids is 1. The van der Waals surface area contributed by atoms with Crippen molar-refractivity contribution in [3.05, 3.63) is 54.4 Å². The SMILES string of the molecule is O=C(O)C(OCC(F)(F)F)c1ccc(Oc2cccnc2)cc1. The molecule has 122 valence electrons. The fourth-order valence-electron chi connectivity index (χ4n) is 1.74. The Labute approximate surface area is 129 Å². The number of halogens is 3. The summed E-state index contributed by atoms with van der Waals surface area (Å²) in [6.45, 7) is -1.64. The summed E-state index contributed by atoms with van der Waals surface area (Å²) < 4.78 is 46.4. The maximum Gasteiger partial charge on any atom is 0.411 e. The van der Waals surface area contributed by atoms with E-state index in [1.165, 1.54) is 30.5 Å². The van der Waals surface area contributed by atoms with Crippen molar-refractivity contribution in [3.63, 3.8) is 0 Å². The molecule has 5 nitrogen and oxygen atoms in total. The predicted molar refractivity (Wildman–Crippen MR) is 73.1 cm³/mol. The van der Waals surface area contributed by atoms with Gasteiger partial charge in [0, 0.05) is 6.20 Å². The maximum atomic E-state index is 12.2. The molecule has 0 radical (unpaired) electrons. The van der Waals surface area contributed by atoms with Gasteiger partial charge in [-0.05, 0) is 29.8 Å². The van der Waals surface area contributed by atoms with Crippen LogP contribution >= 0.6 is 0 Å². The molecule has 0 spiro atoms. The Balaban J connectivity index is 2.08. The molecule has 0 aliphatic rings. The summed E-state index contributed by atoms with van der Waals surface area (Å²) in [6, 6.07) is 8.90. The lowest BCUT2D eigenvalue weighted by atomic mass is 10.1. The first kappa shape index (κ1) is 16.8. The van der Waals surface area contributed by atoms with Gasteiger partial charge in [-0.25, -0.2) is 4.79 Å². The second-order valence-electron chi connectivity index (χ2n) is 4.50. The Kier molecular flexibility index (Phi) is 5.17. The Hall–Kier alpha value is -2.61. The number of aromatic nitrogens is 1. The van der Waals surface area contributed by atoms with Gasteiger partial charge in [0.15, 0.2) is 6.10 Å². The molecule has 0 amide bonds. The molecular formula is C15H12F3NO4. The summed E-state index contributed by atoms with van der Waals surface area (Å²) in [6.07, 6.45) is -3.24. The molecule has 23 heavy (non-hydrogen) atoms. The number of aliphatic carboxylic acids is 1. The third-order valence-electron chi connectivity index (χ3n) is 2.69. The first-order valence-corrected chi connectivity index (χ1v) is 6.44. The van der Waals surface area contributed by atoms with Gasteiger partial charge < -0.3 is 14.6 Å². The summed E-state index contributed by atoms with van der Waals surface area (Å²) >= 11 is 0. The van der Waals surface area contributed by atoms with E-state index in [9.17, 15) is 18.0 Å². The average Bonchev–Trinajstić information content (AvgIpc) is 2.48. The molecule has 0 aliphatic heterocycles. The van der Waals surface area contributed by atoms with Crippen LogP contribution in [0.25, 0.3) is 0 Å². The lowest BCUT2D eigenvalue weighted by Crippen LogP contribution is -2.23. The van der Waals surface area contributed by atoms with E-state index in [0.717, 1.165) is 0 Å². The number of nitrogens with zero attached hydrogens (tertiary/aromatic N) is 1. The molecule has 1 aromatic heterocycles. The highest BCUT2D eigenvalue weighted by Crippen LogP contribution is 2.26. The first-order chi connectivity index (χ1) is 10.8. The highest BCUT2D eigenvalue weighted by molar-refractivity contribution is 5.74. The molecule has 2 rings (SSSR count). The topological polar surface area (TPSA) is 68.7 Å². The van der Waals surface area contributed by atoms with E-state index in [2.05, 4.69) is 9.72 Å². The van der Waals surface area contributed by atoms with Crippen LogP contribution in [0.2, 0.25) is 0 Å². The smallest absolute Gasteiger partial charge is 0.411 e. The Morgan fingerprint density at radius 3 is 2.39 bits per heavy atom. The van der Waals surface area contributed by atoms with E-state index in [1.807, 2.05) is 0 Å². The number of carbonyl (C=O) groups is 1. The molecule has 0 bridgehead atoms. The molecule has 0 fully saturated rings. The maximum absolute atomic E-state index is 12.2. The van der Waals surface area contributed by atoms with Crippen LogP contribution in [0.3, 0.4) is 0 Å². The van der Waals surface area contributed by atoms with Gasteiger partial charge in [-0.15, -0.1) is 0 Å². The minimum absolute atomic E-state index is 0.0836. The van der Waals surface area contributed by atoms with Gasteiger partial charge in [0.05, 0.1) is 6.20 Å². The molecule has 0 saturated carbocycles. The van der Waals surface area contributed by atoms with E-state index in [0.29, 0.717) is 11.5 Å². The van der Waals surface area contributed by atoms with Crippen molar-refractivity contribution < 1.29 is 32.5 Å². The number of hydrogen-bond acceptors (Lipinski definition) is 4. The molecule has 1 heterocycles. The van der Waals surface area contributed by atoms with Crippen molar-refractivity contribution in [2.75, 3.05) is 6.61 Å². The Morgan fingerprint density at radius 1 is 1.17 bits per heavy atom. The van der Waals surface area contributed by atoms with Crippen LogP contribution in [-0.4, -0.2) is 28.8 Å². The first-order valence-electron chi connectivity index (χ1n) is 6.44. The number of ether oxygens (including phenoxy) is 2. The van der Waals surface area contributed by atoms with E-state index in [1.54, 1.807) is 18.3 Å². The number of alkyl halides is 3. The highest BCUT2D eigenvalue weighted by Gasteiger charge is 2.32. The van der Waals surface area contributed by atoms with Crippen molar-refractivity contribution in [2.45, 2.75) is 12.3 Å². The largest absolute Gasteiger partial charge is 0.479 e.